The van der Waals surface area contributed by atoms with E-state index in [9.17, 15) is 13.2 Å². The Morgan fingerprint density at radius 1 is 1.36 bits per heavy atom. The van der Waals surface area contributed by atoms with Crippen LogP contribution in [-0.2, 0) is 0 Å². The molecule has 0 aliphatic rings. The van der Waals surface area contributed by atoms with Crippen LogP contribution in [0.3, 0.4) is 0 Å². The Hall–Kier alpha value is -1.52. The summed E-state index contributed by atoms with van der Waals surface area (Å²) in [4.78, 5) is 0. The third-order valence-electron chi connectivity index (χ3n) is 1.66. The highest BCUT2D eigenvalue weighted by Gasteiger charge is 2.37. The fourth-order valence-electron chi connectivity index (χ4n) is 1.07. The van der Waals surface area contributed by atoms with Crippen LogP contribution in [0.4, 0.5) is 13.2 Å². The van der Waals surface area contributed by atoms with Gasteiger partial charge in [0, 0.05) is 5.56 Å². The van der Waals surface area contributed by atoms with Crippen molar-refractivity contribution in [3.63, 3.8) is 0 Å². The summed E-state index contributed by atoms with van der Waals surface area (Å²) in [6.07, 6.45) is -4.64. The number of oxime groups is 1. The average Bonchev–Trinajstić information content (AvgIpc) is 2.02. The second-order valence-electron chi connectivity index (χ2n) is 2.82. The number of aryl methyl sites for hydroxylation is 1. The van der Waals surface area contributed by atoms with Crippen molar-refractivity contribution < 1.29 is 18.4 Å². The third-order valence-corrected chi connectivity index (χ3v) is 1.66. The highest BCUT2D eigenvalue weighted by Crippen LogP contribution is 2.22. The minimum absolute atomic E-state index is 0.139. The highest BCUT2D eigenvalue weighted by molar-refractivity contribution is 6.04. The van der Waals surface area contributed by atoms with Gasteiger partial charge in [0.15, 0.2) is 5.71 Å². The molecule has 2 nitrogen and oxygen atoms in total. The summed E-state index contributed by atoms with van der Waals surface area (Å²) < 4.78 is 36.7. The Kier molecular flexibility index (Phi) is 2.78. The van der Waals surface area contributed by atoms with Crippen LogP contribution in [0, 0.1) is 6.92 Å². The molecule has 0 amide bonds. The second kappa shape index (κ2) is 3.69. The molecule has 0 aromatic heterocycles. The maximum absolute atomic E-state index is 12.2. The van der Waals surface area contributed by atoms with Gasteiger partial charge in [-0.05, 0) is 13.0 Å². The zero-order chi connectivity index (χ0) is 10.8. The van der Waals surface area contributed by atoms with Gasteiger partial charge in [0.25, 0.3) is 0 Å². The van der Waals surface area contributed by atoms with Crippen molar-refractivity contribution >= 4 is 5.71 Å². The van der Waals surface area contributed by atoms with Crippen molar-refractivity contribution in [3.05, 3.63) is 35.4 Å². The summed E-state index contributed by atoms with van der Waals surface area (Å²) in [6, 6.07) is 5.69. The van der Waals surface area contributed by atoms with E-state index in [1.165, 1.54) is 18.2 Å². The van der Waals surface area contributed by atoms with Gasteiger partial charge in [0.1, 0.15) is 0 Å². The van der Waals surface area contributed by atoms with Gasteiger partial charge in [-0.2, -0.15) is 13.2 Å². The van der Waals surface area contributed by atoms with Crippen LogP contribution in [0.2, 0.25) is 0 Å². The first-order chi connectivity index (χ1) is 6.45. The maximum Gasteiger partial charge on any atom is 0.437 e. The topological polar surface area (TPSA) is 32.6 Å². The van der Waals surface area contributed by atoms with Crippen LogP contribution in [0.15, 0.2) is 29.4 Å². The van der Waals surface area contributed by atoms with E-state index in [4.69, 9.17) is 5.21 Å². The predicted octanol–water partition coefficient (Wildman–Crippen LogP) is 2.74. The van der Waals surface area contributed by atoms with Gasteiger partial charge in [0.05, 0.1) is 0 Å². The molecule has 0 aliphatic carbocycles. The van der Waals surface area contributed by atoms with Crippen LogP contribution >= 0.6 is 0 Å². The Morgan fingerprint density at radius 2 is 2.00 bits per heavy atom. The molecule has 0 unspecified atom stereocenters. The summed E-state index contributed by atoms with van der Waals surface area (Å²) in [5.41, 5.74) is -0.742. The molecule has 1 N–H and O–H groups in total. The lowest BCUT2D eigenvalue weighted by atomic mass is 10.1. The first-order valence-corrected chi connectivity index (χ1v) is 3.81. The maximum atomic E-state index is 12.2. The van der Waals surface area contributed by atoms with Gasteiger partial charge in [0.2, 0.25) is 0 Å². The lowest BCUT2D eigenvalue weighted by molar-refractivity contribution is -0.0601. The Balaban J connectivity index is 3.16. The minimum Gasteiger partial charge on any atom is -0.410 e. The smallest absolute Gasteiger partial charge is 0.410 e. The minimum atomic E-state index is -4.64. The summed E-state index contributed by atoms with van der Waals surface area (Å²) in [6.45, 7) is 1.66. The lowest BCUT2D eigenvalue weighted by Gasteiger charge is -2.08. The Morgan fingerprint density at radius 3 is 2.43 bits per heavy atom. The van der Waals surface area contributed by atoms with Gasteiger partial charge in [-0.25, -0.2) is 0 Å². The van der Waals surface area contributed by atoms with E-state index < -0.39 is 11.9 Å². The van der Waals surface area contributed by atoms with Gasteiger partial charge in [-0.3, -0.25) is 0 Å². The van der Waals surface area contributed by atoms with E-state index in [2.05, 4.69) is 5.16 Å². The molecular formula is C9H8F3NO. The van der Waals surface area contributed by atoms with E-state index in [1.807, 2.05) is 0 Å². The monoisotopic (exact) mass is 203 g/mol. The first kappa shape index (κ1) is 10.6. The van der Waals surface area contributed by atoms with Crippen molar-refractivity contribution in [1.29, 1.82) is 0 Å². The molecule has 1 rings (SSSR count). The van der Waals surface area contributed by atoms with Gasteiger partial charge < -0.3 is 5.21 Å². The standard InChI is InChI=1S/C9H8F3NO/c1-6-3-2-4-7(5-6)8(13-14)9(10,11)12/h2-5,14H,1H3. The molecule has 76 valence electrons. The van der Waals surface area contributed by atoms with E-state index in [0.717, 1.165) is 0 Å². The van der Waals surface area contributed by atoms with Crippen molar-refractivity contribution in [2.75, 3.05) is 0 Å². The van der Waals surface area contributed by atoms with Crippen LogP contribution < -0.4 is 0 Å². The molecule has 1 aromatic carbocycles. The van der Waals surface area contributed by atoms with E-state index in [0.29, 0.717) is 5.56 Å². The lowest BCUT2D eigenvalue weighted by Crippen LogP contribution is -2.24. The Bertz CT molecular complexity index is 357. The predicted molar refractivity (Wildman–Crippen MR) is 45.6 cm³/mol. The fraction of sp³-hybridized carbons (Fsp3) is 0.222. The van der Waals surface area contributed by atoms with Gasteiger partial charge >= 0.3 is 6.18 Å². The van der Waals surface area contributed by atoms with Crippen molar-refractivity contribution in [3.8, 4) is 0 Å². The van der Waals surface area contributed by atoms with Gasteiger partial charge in [-0.15, -0.1) is 0 Å². The number of halogens is 3. The summed E-state index contributed by atoms with van der Waals surface area (Å²) >= 11 is 0. The molecule has 0 fully saturated rings. The number of hydrogen-bond acceptors (Lipinski definition) is 2. The van der Waals surface area contributed by atoms with E-state index in [1.54, 1.807) is 13.0 Å². The van der Waals surface area contributed by atoms with Crippen molar-refractivity contribution in [2.24, 2.45) is 5.16 Å². The zero-order valence-electron chi connectivity index (χ0n) is 7.34. The normalized spacial score (nSPS) is 13.0. The zero-order valence-corrected chi connectivity index (χ0v) is 7.34. The van der Waals surface area contributed by atoms with Crippen LogP contribution in [0.5, 0.6) is 0 Å². The van der Waals surface area contributed by atoms with E-state index in [-0.39, 0.29) is 5.56 Å². The highest BCUT2D eigenvalue weighted by atomic mass is 19.4. The molecule has 14 heavy (non-hydrogen) atoms. The second-order valence-corrected chi connectivity index (χ2v) is 2.82. The quantitative estimate of drug-likeness (QED) is 0.425. The SMILES string of the molecule is Cc1cccc(C(=NO)C(F)(F)F)c1. The molecule has 0 heterocycles. The van der Waals surface area contributed by atoms with Gasteiger partial charge in [-0.1, -0.05) is 28.9 Å². The number of alkyl halides is 3. The third kappa shape index (κ3) is 2.25. The molecule has 0 spiro atoms. The van der Waals surface area contributed by atoms with Crippen LogP contribution in [-0.4, -0.2) is 17.1 Å². The molecule has 0 bridgehead atoms. The van der Waals surface area contributed by atoms with E-state index >= 15 is 0 Å². The fourth-order valence-corrected chi connectivity index (χ4v) is 1.07. The van der Waals surface area contributed by atoms with Crippen LogP contribution in [0.1, 0.15) is 11.1 Å². The molecular weight excluding hydrogens is 195 g/mol. The summed E-state index contributed by atoms with van der Waals surface area (Å²) in [7, 11) is 0. The summed E-state index contributed by atoms with van der Waals surface area (Å²) in [5.74, 6) is 0. The number of rotatable bonds is 1. The van der Waals surface area contributed by atoms with Crippen molar-refractivity contribution in [1.82, 2.24) is 0 Å². The Labute approximate surface area is 78.7 Å². The molecule has 0 aliphatic heterocycles. The largest absolute Gasteiger partial charge is 0.437 e. The average molecular weight is 203 g/mol. The van der Waals surface area contributed by atoms with Crippen LogP contribution in [0.25, 0.3) is 0 Å². The summed E-state index contributed by atoms with van der Waals surface area (Å²) in [5, 5.41) is 10.5. The van der Waals surface area contributed by atoms with Crippen molar-refractivity contribution in [2.45, 2.75) is 13.1 Å². The number of nitrogens with zero attached hydrogens (tertiary/aromatic N) is 1. The number of hydrogen-bond donors (Lipinski definition) is 1. The molecule has 1 aromatic rings. The molecule has 0 saturated heterocycles. The molecule has 0 saturated carbocycles. The molecule has 0 atom stereocenters. The first-order valence-electron chi connectivity index (χ1n) is 3.81. The number of benzene rings is 1. The molecule has 5 heteroatoms. The molecule has 0 radical (unpaired) electrons.